The molecule has 0 radical (unpaired) electrons. The topological polar surface area (TPSA) is 74.7 Å². The summed E-state index contributed by atoms with van der Waals surface area (Å²) in [5.41, 5.74) is 0.474. The zero-order valence-corrected chi connectivity index (χ0v) is 8.34. The van der Waals surface area contributed by atoms with Gasteiger partial charge in [-0.2, -0.15) is 0 Å². The van der Waals surface area contributed by atoms with E-state index >= 15 is 0 Å². The number of nitrogens with zero attached hydrogens (tertiary/aromatic N) is 1. The number of imide groups is 1. The van der Waals surface area contributed by atoms with E-state index in [4.69, 9.17) is 5.11 Å². The van der Waals surface area contributed by atoms with Crippen LogP contribution in [0.4, 0.5) is 4.79 Å². The molecule has 1 aliphatic heterocycles. The lowest BCUT2D eigenvalue weighted by atomic mass is 10.2. The van der Waals surface area contributed by atoms with Crippen LogP contribution < -0.4 is 0 Å². The number of carbonyl (C=O) groups excluding carboxylic acids is 2. The van der Waals surface area contributed by atoms with Crippen LogP contribution in [0.2, 0.25) is 0 Å². The highest BCUT2D eigenvalue weighted by Gasteiger charge is 2.29. The van der Waals surface area contributed by atoms with E-state index in [-0.39, 0.29) is 23.4 Å². The molecule has 6 heteroatoms. The van der Waals surface area contributed by atoms with Crippen molar-refractivity contribution in [2.24, 2.45) is 0 Å². The van der Waals surface area contributed by atoms with Gasteiger partial charge >= 0.3 is 5.97 Å². The molecule has 1 aliphatic rings. The number of hydrogen-bond acceptors (Lipinski definition) is 4. The minimum atomic E-state index is -1.07. The van der Waals surface area contributed by atoms with E-state index < -0.39 is 5.97 Å². The van der Waals surface area contributed by atoms with Crippen molar-refractivity contribution in [3.63, 3.8) is 0 Å². The van der Waals surface area contributed by atoms with Gasteiger partial charge in [0.1, 0.15) is 0 Å². The van der Waals surface area contributed by atoms with Gasteiger partial charge in [0.05, 0.1) is 12.3 Å². The Bertz CT molecular complexity index is 307. The van der Waals surface area contributed by atoms with Gasteiger partial charge in [-0.1, -0.05) is 11.8 Å². The molecular weight excluding hydrogens is 206 g/mol. The number of carboxylic acids is 1. The second-order valence-electron chi connectivity index (χ2n) is 2.86. The van der Waals surface area contributed by atoms with Crippen molar-refractivity contribution in [1.29, 1.82) is 0 Å². The number of rotatable bonds is 3. The number of carbonyl (C=O) groups is 3. The number of amides is 2. The number of hydrogen-bond donors (Lipinski definition) is 1. The maximum atomic E-state index is 11.1. The van der Waals surface area contributed by atoms with E-state index in [1.165, 1.54) is 0 Å². The van der Waals surface area contributed by atoms with E-state index in [2.05, 4.69) is 0 Å². The Morgan fingerprint density at radius 1 is 1.64 bits per heavy atom. The number of carboxylic acid groups (broad SMARTS) is 1. The van der Waals surface area contributed by atoms with Gasteiger partial charge < -0.3 is 5.11 Å². The number of thioether (sulfide) groups is 1. The predicted octanol–water partition coefficient (Wildman–Crippen LogP) is 0.713. The Balaban J connectivity index is 2.64. The Labute approximate surface area is 84.8 Å². The minimum absolute atomic E-state index is 0.0664. The summed E-state index contributed by atoms with van der Waals surface area (Å²) in [6, 6.07) is 0. The summed E-state index contributed by atoms with van der Waals surface area (Å²) in [5.74, 6) is -1.19. The largest absolute Gasteiger partial charge is 0.478 e. The summed E-state index contributed by atoms with van der Waals surface area (Å²) in [7, 11) is 0. The molecule has 0 unspecified atom stereocenters. The zero-order valence-electron chi connectivity index (χ0n) is 7.52. The lowest BCUT2D eigenvalue weighted by Gasteiger charge is -2.11. The van der Waals surface area contributed by atoms with Gasteiger partial charge in [-0.3, -0.25) is 14.5 Å². The fourth-order valence-corrected chi connectivity index (χ4v) is 1.76. The van der Waals surface area contributed by atoms with Crippen molar-refractivity contribution >= 4 is 28.9 Å². The smallest absolute Gasteiger partial charge is 0.328 e. The SMILES string of the molecule is CC(=CC(=O)O)CN1C(=O)CSC1=O. The molecule has 14 heavy (non-hydrogen) atoms. The van der Waals surface area contributed by atoms with Crippen LogP contribution in [0, 0.1) is 0 Å². The first-order chi connectivity index (χ1) is 6.50. The highest BCUT2D eigenvalue weighted by atomic mass is 32.2. The van der Waals surface area contributed by atoms with Crippen LogP contribution in [0.5, 0.6) is 0 Å². The molecular formula is C8H9NO4S. The zero-order chi connectivity index (χ0) is 10.7. The summed E-state index contributed by atoms with van der Waals surface area (Å²) in [6.45, 7) is 1.63. The molecule has 1 rings (SSSR count). The average molecular weight is 215 g/mol. The van der Waals surface area contributed by atoms with Crippen LogP contribution in [0.1, 0.15) is 6.92 Å². The standard InChI is InChI=1S/C8H9NO4S/c1-5(2-7(11)12)3-9-6(10)4-14-8(9)13/h2H,3-4H2,1H3,(H,11,12). The van der Waals surface area contributed by atoms with Crippen LogP contribution in [0.15, 0.2) is 11.6 Å². The molecule has 2 amide bonds. The molecule has 0 aromatic heterocycles. The first-order valence-corrected chi connectivity index (χ1v) is 4.86. The Hall–Kier alpha value is -1.30. The van der Waals surface area contributed by atoms with Crippen molar-refractivity contribution in [2.75, 3.05) is 12.3 Å². The summed E-state index contributed by atoms with van der Waals surface area (Å²) in [6.07, 6.45) is 0.990. The summed E-state index contributed by atoms with van der Waals surface area (Å²) in [5, 5.41) is 8.11. The minimum Gasteiger partial charge on any atom is -0.478 e. The monoisotopic (exact) mass is 215 g/mol. The molecule has 0 aromatic rings. The van der Waals surface area contributed by atoms with Crippen molar-refractivity contribution < 1.29 is 19.5 Å². The lowest BCUT2D eigenvalue weighted by molar-refractivity contribution is -0.131. The Morgan fingerprint density at radius 3 is 2.71 bits per heavy atom. The molecule has 1 N–H and O–H groups in total. The Morgan fingerprint density at radius 2 is 2.29 bits per heavy atom. The Kier molecular flexibility index (Phi) is 3.29. The van der Waals surface area contributed by atoms with Gasteiger partial charge in [0.15, 0.2) is 0 Å². The van der Waals surface area contributed by atoms with Crippen LogP contribution in [-0.4, -0.2) is 39.4 Å². The van der Waals surface area contributed by atoms with Crippen molar-refractivity contribution in [2.45, 2.75) is 6.92 Å². The molecule has 0 aromatic carbocycles. The van der Waals surface area contributed by atoms with Gasteiger partial charge in [0.2, 0.25) is 5.91 Å². The molecule has 0 bridgehead atoms. The second kappa shape index (κ2) is 4.28. The molecule has 1 fully saturated rings. The van der Waals surface area contributed by atoms with Gasteiger partial charge in [-0.15, -0.1) is 0 Å². The van der Waals surface area contributed by atoms with Crippen molar-refractivity contribution in [3.8, 4) is 0 Å². The highest BCUT2D eigenvalue weighted by molar-refractivity contribution is 8.14. The predicted molar refractivity (Wildman–Crippen MR) is 51.0 cm³/mol. The van der Waals surface area contributed by atoms with E-state index in [0.717, 1.165) is 22.7 Å². The third-order valence-electron chi connectivity index (χ3n) is 1.62. The van der Waals surface area contributed by atoms with Crippen LogP contribution in [0.25, 0.3) is 0 Å². The summed E-state index contributed by atoms with van der Waals surface area (Å²) < 4.78 is 0. The molecule has 0 saturated carbocycles. The maximum Gasteiger partial charge on any atom is 0.328 e. The molecule has 1 saturated heterocycles. The van der Waals surface area contributed by atoms with E-state index in [1.807, 2.05) is 0 Å². The summed E-state index contributed by atoms with van der Waals surface area (Å²) in [4.78, 5) is 33.5. The van der Waals surface area contributed by atoms with Crippen LogP contribution in [0.3, 0.4) is 0 Å². The first-order valence-electron chi connectivity index (χ1n) is 3.88. The molecule has 5 nitrogen and oxygen atoms in total. The molecule has 76 valence electrons. The van der Waals surface area contributed by atoms with Crippen molar-refractivity contribution in [1.82, 2.24) is 4.90 Å². The molecule has 0 atom stereocenters. The quantitative estimate of drug-likeness (QED) is 0.702. The van der Waals surface area contributed by atoms with Gasteiger partial charge in [0.25, 0.3) is 5.24 Å². The fraction of sp³-hybridized carbons (Fsp3) is 0.375. The lowest BCUT2D eigenvalue weighted by Crippen LogP contribution is -2.30. The molecule has 1 heterocycles. The summed E-state index contributed by atoms with van der Waals surface area (Å²) >= 11 is 0.937. The van der Waals surface area contributed by atoms with E-state index in [1.54, 1.807) is 6.92 Å². The van der Waals surface area contributed by atoms with Gasteiger partial charge in [-0.25, -0.2) is 4.79 Å². The normalized spacial score (nSPS) is 17.8. The third kappa shape index (κ3) is 2.59. The first kappa shape index (κ1) is 10.8. The van der Waals surface area contributed by atoms with E-state index in [9.17, 15) is 14.4 Å². The van der Waals surface area contributed by atoms with Crippen LogP contribution >= 0.6 is 11.8 Å². The maximum absolute atomic E-state index is 11.1. The second-order valence-corrected chi connectivity index (χ2v) is 3.79. The van der Waals surface area contributed by atoms with Gasteiger partial charge in [-0.05, 0) is 12.5 Å². The third-order valence-corrected chi connectivity index (χ3v) is 2.48. The van der Waals surface area contributed by atoms with Gasteiger partial charge in [0, 0.05) is 6.08 Å². The van der Waals surface area contributed by atoms with E-state index in [0.29, 0.717) is 5.57 Å². The average Bonchev–Trinajstić information content (AvgIpc) is 2.34. The molecule has 0 aliphatic carbocycles. The number of aliphatic carboxylic acids is 1. The fourth-order valence-electron chi connectivity index (χ4n) is 1.04. The van der Waals surface area contributed by atoms with Crippen molar-refractivity contribution in [3.05, 3.63) is 11.6 Å². The highest BCUT2D eigenvalue weighted by Crippen LogP contribution is 2.19. The van der Waals surface area contributed by atoms with Crippen LogP contribution in [-0.2, 0) is 9.59 Å². The molecule has 0 spiro atoms.